The molecule has 110 valence electrons. The lowest BCUT2D eigenvalue weighted by atomic mass is 9.65. The summed E-state index contributed by atoms with van der Waals surface area (Å²) in [5.41, 5.74) is 13.7. The number of rotatable bonds is 3. The van der Waals surface area contributed by atoms with E-state index in [9.17, 15) is 0 Å². The minimum Gasteiger partial charge on any atom is -0.386 e. The molecule has 0 saturated carbocycles. The first-order valence-corrected chi connectivity index (χ1v) is 6.80. The molecule has 1 aromatic carbocycles. The summed E-state index contributed by atoms with van der Waals surface area (Å²) in [6.45, 7) is 12.9. The highest BCUT2D eigenvalue weighted by Gasteiger charge is 2.34. The van der Waals surface area contributed by atoms with E-state index >= 15 is 0 Å². The van der Waals surface area contributed by atoms with Gasteiger partial charge in [0, 0.05) is 5.56 Å². The van der Waals surface area contributed by atoms with Crippen LogP contribution in [-0.2, 0) is 5.41 Å². The molecule has 4 nitrogen and oxygen atoms in total. The Morgan fingerprint density at radius 1 is 0.900 bits per heavy atom. The highest BCUT2D eigenvalue weighted by Crippen LogP contribution is 2.40. The molecule has 4 heteroatoms. The van der Waals surface area contributed by atoms with Crippen LogP contribution in [0.5, 0.6) is 0 Å². The van der Waals surface area contributed by atoms with Gasteiger partial charge in [-0.1, -0.05) is 58.9 Å². The maximum absolute atomic E-state index is 5.88. The van der Waals surface area contributed by atoms with Gasteiger partial charge in [0.15, 0.2) is 5.84 Å². The van der Waals surface area contributed by atoms with Gasteiger partial charge in [0.2, 0.25) is 0 Å². The van der Waals surface area contributed by atoms with Crippen LogP contribution < -0.4 is 11.5 Å². The third-order valence-electron chi connectivity index (χ3n) is 4.09. The number of amidine groups is 2. The minimum atomic E-state index is 0.0729. The molecule has 0 fully saturated rings. The molecule has 0 saturated heterocycles. The number of benzene rings is 1. The fraction of sp³-hybridized carbons (Fsp3) is 0.500. The van der Waals surface area contributed by atoms with E-state index in [1.807, 2.05) is 12.1 Å². The van der Waals surface area contributed by atoms with E-state index in [1.165, 1.54) is 5.56 Å². The van der Waals surface area contributed by atoms with Gasteiger partial charge >= 0.3 is 0 Å². The van der Waals surface area contributed by atoms with Crippen LogP contribution >= 0.6 is 0 Å². The van der Waals surface area contributed by atoms with Crippen LogP contribution in [0, 0.1) is 5.41 Å². The van der Waals surface area contributed by atoms with Crippen LogP contribution in [0.25, 0.3) is 0 Å². The van der Waals surface area contributed by atoms with Crippen LogP contribution in [0.4, 0.5) is 0 Å². The summed E-state index contributed by atoms with van der Waals surface area (Å²) in [4.78, 5) is 0. The molecule has 1 aromatic rings. The second kappa shape index (κ2) is 5.65. The maximum Gasteiger partial charge on any atom is 0.153 e. The van der Waals surface area contributed by atoms with Crippen molar-refractivity contribution < 1.29 is 0 Å². The van der Waals surface area contributed by atoms with Gasteiger partial charge in [-0.3, -0.25) is 0 Å². The molecule has 0 radical (unpaired) electrons. The second-order valence-electron chi connectivity index (χ2n) is 6.68. The Kier molecular flexibility index (Phi) is 4.58. The highest BCUT2D eigenvalue weighted by atomic mass is 15.2. The van der Waals surface area contributed by atoms with Gasteiger partial charge < -0.3 is 11.5 Å². The molecule has 0 atom stereocenters. The first-order chi connectivity index (χ1) is 9.05. The quantitative estimate of drug-likeness (QED) is 0.505. The van der Waals surface area contributed by atoms with Crippen LogP contribution in [0.1, 0.15) is 52.7 Å². The molecule has 4 N–H and O–H groups in total. The predicted octanol–water partition coefficient (Wildman–Crippen LogP) is 3.01. The summed E-state index contributed by atoms with van der Waals surface area (Å²) in [6, 6.07) is 8.15. The SMILES string of the molecule is C/C(N)=N/N=C(\N)c1ccc(C(C)(C)C(C)(C)C)cc1. The number of hydrogen-bond donors (Lipinski definition) is 2. The van der Waals surface area contributed by atoms with Crippen molar-refractivity contribution in [3.8, 4) is 0 Å². The molecule has 0 bridgehead atoms. The smallest absolute Gasteiger partial charge is 0.153 e. The molecule has 0 heterocycles. The van der Waals surface area contributed by atoms with Crippen molar-refractivity contribution in [3.63, 3.8) is 0 Å². The highest BCUT2D eigenvalue weighted by molar-refractivity contribution is 5.97. The zero-order valence-corrected chi connectivity index (χ0v) is 13.4. The lowest BCUT2D eigenvalue weighted by molar-refractivity contribution is 0.225. The summed E-state index contributed by atoms with van der Waals surface area (Å²) in [5, 5.41) is 7.66. The summed E-state index contributed by atoms with van der Waals surface area (Å²) < 4.78 is 0. The standard InChI is InChI=1S/C16H26N4/c1-11(17)19-20-14(18)12-7-9-13(10-8-12)16(5,6)15(2,3)4/h7-10H,1-6H3,(H2,17,19)(H2,18,20). The Morgan fingerprint density at radius 2 is 1.40 bits per heavy atom. The Hall–Kier alpha value is -1.84. The van der Waals surface area contributed by atoms with Crippen LogP contribution in [0.15, 0.2) is 34.5 Å². The molecule has 0 aromatic heterocycles. The van der Waals surface area contributed by atoms with Gasteiger partial charge in [-0.25, -0.2) is 0 Å². The normalized spacial score (nSPS) is 14.5. The van der Waals surface area contributed by atoms with Crippen LogP contribution in [-0.4, -0.2) is 11.7 Å². The van der Waals surface area contributed by atoms with Crippen LogP contribution in [0.2, 0.25) is 0 Å². The lowest BCUT2D eigenvalue weighted by Crippen LogP contribution is -2.33. The van der Waals surface area contributed by atoms with E-state index in [-0.39, 0.29) is 10.8 Å². The van der Waals surface area contributed by atoms with Gasteiger partial charge in [-0.15, -0.1) is 10.2 Å². The van der Waals surface area contributed by atoms with Crippen molar-refractivity contribution in [1.29, 1.82) is 0 Å². The Balaban J connectivity index is 3.07. The molecule has 0 unspecified atom stereocenters. The zero-order chi connectivity index (χ0) is 15.6. The first-order valence-electron chi connectivity index (χ1n) is 6.80. The number of nitrogens with zero attached hydrogens (tertiary/aromatic N) is 2. The van der Waals surface area contributed by atoms with Crippen molar-refractivity contribution in [2.24, 2.45) is 27.1 Å². The van der Waals surface area contributed by atoms with Gasteiger partial charge in [0.1, 0.15) is 5.84 Å². The molecular formula is C16H26N4. The van der Waals surface area contributed by atoms with Crippen molar-refractivity contribution in [2.75, 3.05) is 0 Å². The average Bonchev–Trinajstić information content (AvgIpc) is 2.34. The summed E-state index contributed by atoms with van der Waals surface area (Å²) in [7, 11) is 0. The van der Waals surface area contributed by atoms with E-state index < -0.39 is 0 Å². The van der Waals surface area contributed by atoms with E-state index in [1.54, 1.807) is 6.92 Å². The predicted molar refractivity (Wildman–Crippen MR) is 86.9 cm³/mol. The fourth-order valence-electron chi connectivity index (χ4n) is 1.68. The Morgan fingerprint density at radius 3 is 1.80 bits per heavy atom. The van der Waals surface area contributed by atoms with Gasteiger partial charge in [-0.2, -0.15) is 0 Å². The van der Waals surface area contributed by atoms with E-state index in [0.717, 1.165) is 5.56 Å². The monoisotopic (exact) mass is 274 g/mol. The van der Waals surface area contributed by atoms with Crippen LogP contribution in [0.3, 0.4) is 0 Å². The van der Waals surface area contributed by atoms with Crippen molar-refractivity contribution in [1.82, 2.24) is 0 Å². The van der Waals surface area contributed by atoms with Crippen molar-refractivity contribution >= 4 is 11.7 Å². The van der Waals surface area contributed by atoms with Gasteiger partial charge in [0.25, 0.3) is 0 Å². The average molecular weight is 274 g/mol. The third-order valence-corrected chi connectivity index (χ3v) is 4.09. The van der Waals surface area contributed by atoms with E-state index in [2.05, 4.69) is 57.0 Å². The second-order valence-corrected chi connectivity index (χ2v) is 6.68. The number of nitrogens with two attached hydrogens (primary N) is 2. The third kappa shape index (κ3) is 3.59. The first kappa shape index (κ1) is 16.2. The van der Waals surface area contributed by atoms with Gasteiger partial charge in [0.05, 0.1) is 0 Å². The summed E-state index contributed by atoms with van der Waals surface area (Å²) >= 11 is 0. The van der Waals surface area contributed by atoms with Crippen molar-refractivity contribution in [3.05, 3.63) is 35.4 Å². The Labute approximate surface area is 122 Å². The minimum absolute atomic E-state index is 0.0729. The molecule has 20 heavy (non-hydrogen) atoms. The molecule has 0 aliphatic rings. The summed E-state index contributed by atoms with van der Waals surface area (Å²) in [5.74, 6) is 0.758. The topological polar surface area (TPSA) is 76.8 Å². The summed E-state index contributed by atoms with van der Waals surface area (Å²) in [6.07, 6.45) is 0. The molecular weight excluding hydrogens is 248 g/mol. The van der Waals surface area contributed by atoms with Gasteiger partial charge in [-0.05, 0) is 23.3 Å². The molecule has 0 aliphatic heterocycles. The number of hydrogen-bond acceptors (Lipinski definition) is 2. The van der Waals surface area contributed by atoms with E-state index in [4.69, 9.17) is 11.5 Å². The zero-order valence-electron chi connectivity index (χ0n) is 13.4. The Bertz CT molecular complexity index is 512. The van der Waals surface area contributed by atoms with E-state index in [0.29, 0.717) is 11.7 Å². The molecule has 0 amide bonds. The van der Waals surface area contributed by atoms with Crippen molar-refractivity contribution in [2.45, 2.75) is 47.0 Å². The molecule has 1 rings (SSSR count). The lowest BCUT2D eigenvalue weighted by Gasteiger charge is -2.39. The largest absolute Gasteiger partial charge is 0.386 e. The molecule has 0 aliphatic carbocycles. The maximum atomic E-state index is 5.88. The molecule has 0 spiro atoms. The fourth-order valence-corrected chi connectivity index (χ4v) is 1.68.